The normalized spacial score (nSPS) is 10.8. The van der Waals surface area contributed by atoms with Crippen LogP contribution in [0.5, 0.6) is 5.75 Å². The predicted molar refractivity (Wildman–Crippen MR) is 90.4 cm³/mol. The van der Waals surface area contributed by atoms with E-state index in [4.69, 9.17) is 9.84 Å². The Kier molecular flexibility index (Phi) is 3.27. The number of fused-ring (bicyclic) bond motifs is 1. The van der Waals surface area contributed by atoms with Gasteiger partial charge in [0.1, 0.15) is 5.75 Å². The molecule has 23 heavy (non-hydrogen) atoms. The number of benzene rings is 2. The van der Waals surface area contributed by atoms with E-state index in [1.165, 1.54) is 0 Å². The Morgan fingerprint density at radius 1 is 0.870 bits per heavy atom. The average Bonchev–Trinajstić information content (AvgIpc) is 3.05. The van der Waals surface area contributed by atoms with Crippen molar-refractivity contribution in [3.05, 3.63) is 72.9 Å². The van der Waals surface area contributed by atoms with Crippen molar-refractivity contribution < 1.29 is 4.74 Å². The fourth-order valence-corrected chi connectivity index (χ4v) is 2.62. The van der Waals surface area contributed by atoms with E-state index < -0.39 is 0 Å². The van der Waals surface area contributed by atoms with E-state index in [2.05, 4.69) is 17.1 Å². The molecule has 112 valence electrons. The second-order valence-electron chi connectivity index (χ2n) is 5.23. The molecular formula is C19H15N3O. The molecule has 4 nitrogen and oxygen atoms in total. The van der Waals surface area contributed by atoms with Gasteiger partial charge >= 0.3 is 0 Å². The lowest BCUT2D eigenvalue weighted by Crippen LogP contribution is -1.96. The van der Waals surface area contributed by atoms with Crippen molar-refractivity contribution in [2.24, 2.45) is 0 Å². The van der Waals surface area contributed by atoms with Crippen molar-refractivity contribution in [3.8, 4) is 28.3 Å². The van der Waals surface area contributed by atoms with Crippen LogP contribution in [0.15, 0.2) is 72.9 Å². The van der Waals surface area contributed by atoms with Gasteiger partial charge in [0.25, 0.3) is 0 Å². The molecule has 0 saturated heterocycles. The highest BCUT2D eigenvalue weighted by Gasteiger charge is 2.09. The Morgan fingerprint density at radius 2 is 1.70 bits per heavy atom. The Balaban J connectivity index is 1.87. The first-order chi connectivity index (χ1) is 11.3. The quantitative estimate of drug-likeness (QED) is 0.572. The number of aromatic nitrogens is 3. The number of methoxy groups -OCH3 is 1. The monoisotopic (exact) mass is 301 g/mol. The topological polar surface area (TPSA) is 39.4 Å². The van der Waals surface area contributed by atoms with Crippen LogP contribution in [-0.4, -0.2) is 21.7 Å². The van der Waals surface area contributed by atoms with Gasteiger partial charge in [-0.2, -0.15) is 5.10 Å². The van der Waals surface area contributed by atoms with Crippen LogP contribution in [0.3, 0.4) is 0 Å². The van der Waals surface area contributed by atoms with E-state index in [0.717, 1.165) is 33.9 Å². The Labute approximate surface area is 134 Å². The molecular weight excluding hydrogens is 286 g/mol. The van der Waals surface area contributed by atoms with E-state index in [-0.39, 0.29) is 0 Å². The first-order valence-electron chi connectivity index (χ1n) is 7.40. The summed E-state index contributed by atoms with van der Waals surface area (Å²) in [6.45, 7) is 0. The standard InChI is InChI=1S/C19H15N3O/c1-23-16-9-5-8-15(12-16)17-10-11-19-20-13-18(22(19)21-17)14-6-3-2-4-7-14/h2-13H,1H3. The van der Waals surface area contributed by atoms with Crippen LogP contribution in [-0.2, 0) is 0 Å². The Morgan fingerprint density at radius 3 is 2.52 bits per heavy atom. The van der Waals surface area contributed by atoms with Crippen molar-refractivity contribution in [1.82, 2.24) is 14.6 Å². The zero-order chi connectivity index (χ0) is 15.6. The lowest BCUT2D eigenvalue weighted by atomic mass is 10.1. The molecule has 0 aliphatic heterocycles. The molecule has 2 aromatic carbocycles. The zero-order valence-corrected chi connectivity index (χ0v) is 12.7. The molecule has 2 aromatic heterocycles. The van der Waals surface area contributed by atoms with E-state index in [1.54, 1.807) is 7.11 Å². The largest absolute Gasteiger partial charge is 0.497 e. The summed E-state index contributed by atoms with van der Waals surface area (Å²) in [5.74, 6) is 0.818. The fraction of sp³-hybridized carbons (Fsp3) is 0.0526. The molecule has 4 heteroatoms. The molecule has 0 fully saturated rings. The maximum absolute atomic E-state index is 5.29. The van der Waals surface area contributed by atoms with E-state index in [1.807, 2.05) is 65.3 Å². The first-order valence-corrected chi connectivity index (χ1v) is 7.40. The van der Waals surface area contributed by atoms with Crippen LogP contribution in [0.1, 0.15) is 0 Å². The average molecular weight is 301 g/mol. The van der Waals surface area contributed by atoms with Crippen LogP contribution in [0.4, 0.5) is 0 Å². The van der Waals surface area contributed by atoms with Gasteiger partial charge in [0.05, 0.1) is 24.7 Å². The van der Waals surface area contributed by atoms with Crippen LogP contribution >= 0.6 is 0 Å². The maximum Gasteiger partial charge on any atom is 0.154 e. The minimum absolute atomic E-state index is 0.818. The van der Waals surface area contributed by atoms with Gasteiger partial charge in [-0.1, -0.05) is 42.5 Å². The predicted octanol–water partition coefficient (Wildman–Crippen LogP) is 4.07. The van der Waals surface area contributed by atoms with Gasteiger partial charge in [-0.3, -0.25) is 0 Å². The highest BCUT2D eigenvalue weighted by atomic mass is 16.5. The first kappa shape index (κ1) is 13.5. The van der Waals surface area contributed by atoms with E-state index in [0.29, 0.717) is 0 Å². The lowest BCUT2D eigenvalue weighted by Gasteiger charge is -2.06. The van der Waals surface area contributed by atoms with Gasteiger partial charge in [-0.05, 0) is 24.3 Å². The number of ether oxygens (including phenoxy) is 1. The number of hydrogen-bond donors (Lipinski definition) is 0. The second-order valence-corrected chi connectivity index (χ2v) is 5.23. The molecule has 0 bridgehead atoms. The van der Waals surface area contributed by atoms with E-state index >= 15 is 0 Å². The summed E-state index contributed by atoms with van der Waals surface area (Å²) >= 11 is 0. The highest BCUT2D eigenvalue weighted by molar-refractivity contribution is 5.66. The molecule has 0 N–H and O–H groups in total. The molecule has 0 aliphatic rings. The molecule has 0 unspecified atom stereocenters. The van der Waals surface area contributed by atoms with Gasteiger partial charge in [0.15, 0.2) is 5.65 Å². The van der Waals surface area contributed by atoms with Crippen molar-refractivity contribution in [1.29, 1.82) is 0 Å². The van der Waals surface area contributed by atoms with Gasteiger partial charge in [-0.25, -0.2) is 9.50 Å². The zero-order valence-electron chi connectivity index (χ0n) is 12.7. The summed E-state index contributed by atoms with van der Waals surface area (Å²) in [6, 6.07) is 22.0. The summed E-state index contributed by atoms with van der Waals surface area (Å²) in [4.78, 5) is 4.44. The molecule has 0 saturated carbocycles. The maximum atomic E-state index is 5.29. The molecule has 2 heterocycles. The van der Waals surface area contributed by atoms with Gasteiger partial charge in [0, 0.05) is 11.1 Å². The minimum atomic E-state index is 0.818. The molecule has 4 aromatic rings. The smallest absolute Gasteiger partial charge is 0.154 e. The van der Waals surface area contributed by atoms with Crippen molar-refractivity contribution in [3.63, 3.8) is 0 Å². The summed E-state index contributed by atoms with van der Waals surface area (Å²) in [7, 11) is 1.67. The highest BCUT2D eigenvalue weighted by Crippen LogP contribution is 2.24. The van der Waals surface area contributed by atoms with Crippen molar-refractivity contribution in [2.45, 2.75) is 0 Å². The summed E-state index contributed by atoms with van der Waals surface area (Å²) in [5.41, 5.74) is 4.79. The van der Waals surface area contributed by atoms with Crippen LogP contribution in [0.2, 0.25) is 0 Å². The van der Waals surface area contributed by atoms with Crippen molar-refractivity contribution >= 4 is 5.65 Å². The Hall–Kier alpha value is -3.14. The summed E-state index contributed by atoms with van der Waals surface area (Å²) < 4.78 is 7.17. The molecule has 0 radical (unpaired) electrons. The molecule has 4 rings (SSSR count). The van der Waals surface area contributed by atoms with Crippen LogP contribution in [0.25, 0.3) is 28.2 Å². The number of nitrogens with zero attached hydrogens (tertiary/aromatic N) is 3. The van der Waals surface area contributed by atoms with Gasteiger partial charge in [-0.15, -0.1) is 0 Å². The molecule has 0 spiro atoms. The van der Waals surface area contributed by atoms with Crippen molar-refractivity contribution in [2.75, 3.05) is 7.11 Å². The Bertz CT molecular complexity index is 961. The van der Waals surface area contributed by atoms with Gasteiger partial charge in [0.2, 0.25) is 0 Å². The summed E-state index contributed by atoms with van der Waals surface area (Å²) in [6.07, 6.45) is 1.85. The molecule has 0 atom stereocenters. The third kappa shape index (κ3) is 2.44. The number of rotatable bonds is 3. The lowest BCUT2D eigenvalue weighted by molar-refractivity contribution is 0.415. The fourth-order valence-electron chi connectivity index (χ4n) is 2.62. The van der Waals surface area contributed by atoms with Crippen LogP contribution in [0, 0.1) is 0 Å². The SMILES string of the molecule is COc1cccc(-c2ccc3ncc(-c4ccccc4)n3n2)c1. The second kappa shape index (κ2) is 5.57. The molecule has 0 aliphatic carbocycles. The molecule has 0 amide bonds. The third-order valence-electron chi connectivity index (χ3n) is 3.80. The van der Waals surface area contributed by atoms with Gasteiger partial charge < -0.3 is 4.74 Å². The van der Waals surface area contributed by atoms with Crippen LogP contribution < -0.4 is 4.74 Å². The third-order valence-corrected chi connectivity index (χ3v) is 3.80. The number of hydrogen-bond acceptors (Lipinski definition) is 3. The van der Waals surface area contributed by atoms with E-state index in [9.17, 15) is 0 Å². The minimum Gasteiger partial charge on any atom is -0.497 e. The summed E-state index contributed by atoms with van der Waals surface area (Å²) in [5, 5.41) is 4.76. The number of imidazole rings is 1.